The molecule has 128 valence electrons. The Bertz CT molecular complexity index is 539. The van der Waals surface area contributed by atoms with Crippen molar-refractivity contribution in [1.82, 2.24) is 15.1 Å². The summed E-state index contributed by atoms with van der Waals surface area (Å²) in [5, 5.41) is 3.78. The maximum absolute atomic E-state index is 12.5. The molecule has 0 spiro atoms. The number of rotatable bonds is 5. The number of nitrogens with zero attached hydrogens (tertiary/aromatic N) is 2. The first kappa shape index (κ1) is 18.2. The Balaban J connectivity index is 1.97. The Morgan fingerprint density at radius 3 is 2.48 bits per heavy atom. The van der Waals surface area contributed by atoms with E-state index in [9.17, 15) is 4.79 Å². The van der Waals surface area contributed by atoms with E-state index in [1.165, 1.54) is 0 Å². The standard InChI is InChI=1S/C18H28ClN3O/c1-13(2)17(22-9-7-21(4)8-10-22)12-20-18(23)16-6-5-15(19)11-14(16)3/h5-6,11,13,17H,7-10,12H2,1-4H3,(H,20,23)/t17-/m1/s1. The minimum atomic E-state index is -0.0149. The Labute approximate surface area is 144 Å². The van der Waals surface area contributed by atoms with Gasteiger partial charge in [-0.25, -0.2) is 0 Å². The zero-order chi connectivity index (χ0) is 17.0. The monoisotopic (exact) mass is 337 g/mol. The molecule has 4 nitrogen and oxygen atoms in total. The first-order chi connectivity index (χ1) is 10.9. The summed E-state index contributed by atoms with van der Waals surface area (Å²) in [5.74, 6) is 0.490. The smallest absolute Gasteiger partial charge is 0.251 e. The normalized spacial score (nSPS) is 18.2. The minimum absolute atomic E-state index is 0.0149. The third-order valence-electron chi connectivity index (χ3n) is 4.68. The van der Waals surface area contributed by atoms with Crippen molar-refractivity contribution in [3.05, 3.63) is 34.3 Å². The molecule has 1 amide bonds. The molecule has 0 bridgehead atoms. The average Bonchev–Trinajstić information content (AvgIpc) is 2.48. The van der Waals surface area contributed by atoms with E-state index in [1.807, 2.05) is 13.0 Å². The number of amides is 1. The zero-order valence-corrected chi connectivity index (χ0v) is 15.4. The number of halogens is 1. The predicted octanol–water partition coefficient (Wildman–Crippen LogP) is 2.65. The molecule has 5 heteroatoms. The molecule has 1 aliphatic heterocycles. The molecule has 0 aromatic heterocycles. The maximum Gasteiger partial charge on any atom is 0.251 e. The van der Waals surface area contributed by atoms with Gasteiger partial charge < -0.3 is 10.2 Å². The second-order valence-corrected chi connectivity index (χ2v) is 7.26. The van der Waals surface area contributed by atoms with Gasteiger partial charge in [-0.3, -0.25) is 9.69 Å². The number of aryl methyl sites for hydroxylation is 1. The molecule has 0 unspecified atom stereocenters. The number of carbonyl (C=O) groups is 1. The molecule has 0 radical (unpaired) electrons. The van der Waals surface area contributed by atoms with Gasteiger partial charge in [-0.05, 0) is 43.7 Å². The lowest BCUT2D eigenvalue weighted by Crippen LogP contribution is -2.54. The quantitative estimate of drug-likeness (QED) is 0.897. The molecule has 0 aliphatic carbocycles. The molecule has 1 aliphatic rings. The van der Waals surface area contributed by atoms with Crippen LogP contribution in [-0.4, -0.2) is 61.5 Å². The largest absolute Gasteiger partial charge is 0.350 e. The number of nitrogens with one attached hydrogen (secondary N) is 1. The van der Waals surface area contributed by atoms with E-state index < -0.39 is 0 Å². The highest BCUT2D eigenvalue weighted by Crippen LogP contribution is 2.16. The molecular formula is C18H28ClN3O. The van der Waals surface area contributed by atoms with Crippen molar-refractivity contribution in [3.63, 3.8) is 0 Å². The van der Waals surface area contributed by atoms with Gasteiger partial charge in [0.25, 0.3) is 5.91 Å². The fraction of sp³-hybridized carbons (Fsp3) is 0.611. The number of piperazine rings is 1. The fourth-order valence-electron chi connectivity index (χ4n) is 3.11. The van der Waals surface area contributed by atoms with Crippen LogP contribution in [-0.2, 0) is 0 Å². The molecule has 1 fully saturated rings. The first-order valence-corrected chi connectivity index (χ1v) is 8.73. The Morgan fingerprint density at radius 1 is 1.26 bits per heavy atom. The average molecular weight is 338 g/mol. The molecule has 1 atom stereocenters. The molecule has 1 heterocycles. The summed E-state index contributed by atoms with van der Waals surface area (Å²) < 4.78 is 0. The second kappa shape index (κ2) is 8.13. The summed E-state index contributed by atoms with van der Waals surface area (Å²) in [5.41, 5.74) is 1.62. The van der Waals surface area contributed by atoms with Crippen LogP contribution in [0.3, 0.4) is 0 Å². The van der Waals surface area contributed by atoms with E-state index in [4.69, 9.17) is 11.6 Å². The Morgan fingerprint density at radius 2 is 1.91 bits per heavy atom. The van der Waals surface area contributed by atoms with Gasteiger partial charge in [0.1, 0.15) is 0 Å². The van der Waals surface area contributed by atoms with E-state index >= 15 is 0 Å². The van der Waals surface area contributed by atoms with Crippen molar-refractivity contribution in [1.29, 1.82) is 0 Å². The summed E-state index contributed by atoms with van der Waals surface area (Å²) >= 11 is 5.96. The Hall–Kier alpha value is -1.10. The van der Waals surface area contributed by atoms with E-state index in [1.54, 1.807) is 12.1 Å². The van der Waals surface area contributed by atoms with E-state index in [0.717, 1.165) is 31.7 Å². The van der Waals surface area contributed by atoms with E-state index in [0.29, 0.717) is 29.1 Å². The van der Waals surface area contributed by atoms with Crippen LogP contribution in [0.4, 0.5) is 0 Å². The highest BCUT2D eigenvalue weighted by atomic mass is 35.5. The van der Waals surface area contributed by atoms with Crippen molar-refractivity contribution in [2.75, 3.05) is 39.8 Å². The predicted molar refractivity (Wildman–Crippen MR) is 96.2 cm³/mol. The molecule has 2 rings (SSSR count). The summed E-state index contributed by atoms with van der Waals surface area (Å²) in [6.45, 7) is 11.4. The van der Waals surface area contributed by atoms with Crippen molar-refractivity contribution in [2.45, 2.75) is 26.8 Å². The molecule has 1 aromatic rings. The van der Waals surface area contributed by atoms with Gasteiger partial charge in [-0.2, -0.15) is 0 Å². The van der Waals surface area contributed by atoms with Gasteiger partial charge in [0.15, 0.2) is 0 Å². The van der Waals surface area contributed by atoms with Crippen LogP contribution in [0.15, 0.2) is 18.2 Å². The maximum atomic E-state index is 12.5. The van der Waals surface area contributed by atoms with Crippen molar-refractivity contribution < 1.29 is 4.79 Å². The number of benzene rings is 1. The zero-order valence-electron chi connectivity index (χ0n) is 14.6. The van der Waals surface area contributed by atoms with Crippen LogP contribution in [0.2, 0.25) is 5.02 Å². The molecule has 1 N–H and O–H groups in total. The molecule has 23 heavy (non-hydrogen) atoms. The lowest BCUT2D eigenvalue weighted by Gasteiger charge is -2.40. The Kier molecular flexibility index (Phi) is 6.45. The second-order valence-electron chi connectivity index (χ2n) is 6.82. The minimum Gasteiger partial charge on any atom is -0.350 e. The van der Waals surface area contributed by atoms with Crippen molar-refractivity contribution in [2.24, 2.45) is 5.92 Å². The first-order valence-electron chi connectivity index (χ1n) is 8.35. The highest BCUT2D eigenvalue weighted by molar-refractivity contribution is 6.30. The SMILES string of the molecule is Cc1cc(Cl)ccc1C(=O)NC[C@H](C(C)C)N1CCN(C)CC1. The third kappa shape index (κ3) is 4.93. The highest BCUT2D eigenvalue weighted by Gasteiger charge is 2.25. The van der Waals surface area contributed by atoms with Gasteiger partial charge in [-0.15, -0.1) is 0 Å². The number of likely N-dealkylation sites (N-methyl/N-ethyl adjacent to an activating group) is 1. The fourth-order valence-corrected chi connectivity index (χ4v) is 3.34. The van der Waals surface area contributed by atoms with E-state index in [-0.39, 0.29) is 5.91 Å². The van der Waals surface area contributed by atoms with Crippen LogP contribution in [0, 0.1) is 12.8 Å². The van der Waals surface area contributed by atoms with Gasteiger partial charge in [0, 0.05) is 49.4 Å². The van der Waals surface area contributed by atoms with Crippen LogP contribution < -0.4 is 5.32 Å². The lowest BCUT2D eigenvalue weighted by molar-refractivity contribution is 0.0790. The molecule has 1 aromatic carbocycles. The summed E-state index contributed by atoms with van der Waals surface area (Å²) in [6, 6.07) is 5.77. The van der Waals surface area contributed by atoms with Crippen LogP contribution in [0.1, 0.15) is 29.8 Å². The number of hydrogen-bond donors (Lipinski definition) is 1. The van der Waals surface area contributed by atoms with Crippen LogP contribution in [0.25, 0.3) is 0 Å². The third-order valence-corrected chi connectivity index (χ3v) is 4.92. The van der Waals surface area contributed by atoms with Crippen molar-refractivity contribution >= 4 is 17.5 Å². The van der Waals surface area contributed by atoms with Gasteiger partial charge in [0.05, 0.1) is 0 Å². The summed E-state index contributed by atoms with van der Waals surface area (Å²) in [7, 11) is 2.16. The summed E-state index contributed by atoms with van der Waals surface area (Å²) in [6.07, 6.45) is 0. The van der Waals surface area contributed by atoms with Crippen LogP contribution in [0.5, 0.6) is 0 Å². The van der Waals surface area contributed by atoms with Gasteiger partial charge >= 0.3 is 0 Å². The molecule has 0 saturated carbocycles. The molecular weight excluding hydrogens is 310 g/mol. The topological polar surface area (TPSA) is 35.6 Å². The van der Waals surface area contributed by atoms with Crippen molar-refractivity contribution in [3.8, 4) is 0 Å². The van der Waals surface area contributed by atoms with Gasteiger partial charge in [-0.1, -0.05) is 25.4 Å². The van der Waals surface area contributed by atoms with Crippen LogP contribution >= 0.6 is 11.6 Å². The summed E-state index contributed by atoms with van der Waals surface area (Å²) in [4.78, 5) is 17.3. The number of carbonyl (C=O) groups excluding carboxylic acids is 1. The van der Waals surface area contributed by atoms with E-state index in [2.05, 4.69) is 36.0 Å². The lowest BCUT2D eigenvalue weighted by atomic mass is 10.0. The molecule has 1 saturated heterocycles. The van der Waals surface area contributed by atoms with Gasteiger partial charge in [0.2, 0.25) is 0 Å². The number of hydrogen-bond acceptors (Lipinski definition) is 3.